The highest BCUT2D eigenvalue weighted by Crippen LogP contribution is 2.10. The van der Waals surface area contributed by atoms with E-state index in [9.17, 15) is 0 Å². The Labute approximate surface area is 124 Å². The van der Waals surface area contributed by atoms with Crippen LogP contribution in [0.5, 0.6) is 0 Å². The number of nitrogens with zero attached hydrogens (tertiary/aromatic N) is 2. The van der Waals surface area contributed by atoms with E-state index in [2.05, 4.69) is 66.3 Å². The summed E-state index contributed by atoms with van der Waals surface area (Å²) >= 11 is 0. The van der Waals surface area contributed by atoms with Crippen LogP contribution in [0.15, 0.2) is 30.3 Å². The molecule has 3 nitrogen and oxygen atoms in total. The number of hydrogen-bond donors (Lipinski definition) is 1. The third-order valence-corrected chi connectivity index (χ3v) is 4.34. The van der Waals surface area contributed by atoms with Crippen molar-refractivity contribution in [2.24, 2.45) is 5.92 Å². The molecule has 0 saturated carbocycles. The van der Waals surface area contributed by atoms with Gasteiger partial charge in [0.25, 0.3) is 0 Å². The zero-order chi connectivity index (χ0) is 14.4. The van der Waals surface area contributed by atoms with Crippen LogP contribution < -0.4 is 5.32 Å². The molecule has 0 spiro atoms. The van der Waals surface area contributed by atoms with Crippen molar-refractivity contribution in [1.82, 2.24) is 15.1 Å². The zero-order valence-corrected chi connectivity index (χ0v) is 13.2. The van der Waals surface area contributed by atoms with Gasteiger partial charge in [-0.1, -0.05) is 44.2 Å². The molecule has 1 N–H and O–H groups in total. The zero-order valence-electron chi connectivity index (χ0n) is 13.2. The molecule has 1 aromatic rings. The summed E-state index contributed by atoms with van der Waals surface area (Å²) in [6.45, 7) is 11.6. The molecule has 1 heterocycles. The predicted molar refractivity (Wildman–Crippen MR) is 85.8 cm³/mol. The largest absolute Gasteiger partial charge is 0.315 e. The predicted octanol–water partition coefficient (Wildman–Crippen LogP) is 2.05. The van der Waals surface area contributed by atoms with Gasteiger partial charge in [-0.05, 0) is 18.5 Å². The third-order valence-electron chi connectivity index (χ3n) is 4.34. The quantitative estimate of drug-likeness (QED) is 0.857. The summed E-state index contributed by atoms with van der Waals surface area (Å²) in [6.07, 6.45) is 0. The van der Waals surface area contributed by atoms with Gasteiger partial charge in [-0.3, -0.25) is 9.80 Å². The van der Waals surface area contributed by atoms with Gasteiger partial charge in [0.1, 0.15) is 0 Å². The van der Waals surface area contributed by atoms with Crippen molar-refractivity contribution in [3.63, 3.8) is 0 Å². The summed E-state index contributed by atoms with van der Waals surface area (Å²) in [5.41, 5.74) is 1.43. The van der Waals surface area contributed by atoms with Gasteiger partial charge in [0, 0.05) is 45.3 Å². The maximum absolute atomic E-state index is 3.44. The van der Waals surface area contributed by atoms with Crippen LogP contribution in [-0.2, 0) is 6.54 Å². The minimum Gasteiger partial charge on any atom is -0.315 e. The van der Waals surface area contributed by atoms with E-state index in [1.165, 1.54) is 38.3 Å². The molecule has 3 heteroatoms. The fourth-order valence-corrected chi connectivity index (χ4v) is 2.89. The Kier molecular flexibility index (Phi) is 6.02. The number of likely N-dealkylation sites (N-methyl/N-ethyl adjacent to an activating group) is 1. The van der Waals surface area contributed by atoms with Gasteiger partial charge in [0.05, 0.1) is 0 Å². The van der Waals surface area contributed by atoms with Crippen LogP contribution in [0, 0.1) is 5.92 Å². The van der Waals surface area contributed by atoms with E-state index < -0.39 is 0 Å². The van der Waals surface area contributed by atoms with Gasteiger partial charge in [-0.25, -0.2) is 0 Å². The molecule has 0 aliphatic carbocycles. The molecule has 0 unspecified atom stereocenters. The fourth-order valence-electron chi connectivity index (χ4n) is 2.89. The first kappa shape index (κ1) is 15.5. The molecule has 2 rings (SSSR count). The average molecular weight is 275 g/mol. The first-order valence-electron chi connectivity index (χ1n) is 7.85. The van der Waals surface area contributed by atoms with Gasteiger partial charge in [-0.2, -0.15) is 0 Å². The maximum Gasteiger partial charge on any atom is 0.0234 e. The monoisotopic (exact) mass is 275 g/mol. The topological polar surface area (TPSA) is 18.5 Å². The van der Waals surface area contributed by atoms with E-state index in [1.807, 2.05) is 0 Å². The third kappa shape index (κ3) is 4.58. The van der Waals surface area contributed by atoms with Crippen molar-refractivity contribution in [3.8, 4) is 0 Å². The Balaban J connectivity index is 1.75. The summed E-state index contributed by atoms with van der Waals surface area (Å²) in [5.74, 6) is 0.697. The van der Waals surface area contributed by atoms with Crippen molar-refractivity contribution in [2.45, 2.75) is 26.4 Å². The summed E-state index contributed by atoms with van der Waals surface area (Å²) in [5, 5.41) is 3.44. The minimum atomic E-state index is 0.607. The Morgan fingerprint density at radius 1 is 1.00 bits per heavy atom. The van der Waals surface area contributed by atoms with Gasteiger partial charge < -0.3 is 5.32 Å². The van der Waals surface area contributed by atoms with Crippen LogP contribution in [0.2, 0.25) is 0 Å². The summed E-state index contributed by atoms with van der Waals surface area (Å²) < 4.78 is 0. The Hall–Kier alpha value is -0.900. The average Bonchev–Trinajstić information content (AvgIpc) is 2.47. The number of hydrogen-bond acceptors (Lipinski definition) is 3. The SMILES string of the molecule is CN[C@@H](CN1CCN(Cc2ccccc2)CC1)C(C)C. The lowest BCUT2D eigenvalue weighted by Crippen LogP contribution is -2.51. The van der Waals surface area contributed by atoms with E-state index in [0.29, 0.717) is 12.0 Å². The molecule has 20 heavy (non-hydrogen) atoms. The first-order chi connectivity index (χ1) is 9.69. The van der Waals surface area contributed by atoms with Crippen LogP contribution in [0.25, 0.3) is 0 Å². The van der Waals surface area contributed by atoms with Crippen molar-refractivity contribution in [1.29, 1.82) is 0 Å². The number of nitrogens with one attached hydrogen (secondary N) is 1. The van der Waals surface area contributed by atoms with E-state index >= 15 is 0 Å². The molecule has 1 aliphatic rings. The fraction of sp³-hybridized carbons (Fsp3) is 0.647. The molecule has 1 atom stereocenters. The highest BCUT2D eigenvalue weighted by atomic mass is 15.3. The number of piperazine rings is 1. The number of rotatable bonds is 6. The van der Waals surface area contributed by atoms with E-state index in [4.69, 9.17) is 0 Å². The normalized spacial score (nSPS) is 19.4. The molecule has 0 radical (unpaired) electrons. The lowest BCUT2D eigenvalue weighted by molar-refractivity contribution is 0.113. The van der Waals surface area contributed by atoms with Gasteiger partial charge in [-0.15, -0.1) is 0 Å². The molecular weight excluding hydrogens is 246 g/mol. The molecule has 0 amide bonds. The molecular formula is C17H29N3. The van der Waals surface area contributed by atoms with Crippen molar-refractivity contribution < 1.29 is 0 Å². The van der Waals surface area contributed by atoms with Crippen LogP contribution in [0.1, 0.15) is 19.4 Å². The molecule has 0 aromatic heterocycles. The molecule has 1 aromatic carbocycles. The van der Waals surface area contributed by atoms with Crippen molar-refractivity contribution in [2.75, 3.05) is 39.8 Å². The highest BCUT2D eigenvalue weighted by Gasteiger charge is 2.20. The summed E-state index contributed by atoms with van der Waals surface area (Å²) in [4.78, 5) is 5.16. The second kappa shape index (κ2) is 7.77. The van der Waals surface area contributed by atoms with Crippen LogP contribution in [0.3, 0.4) is 0 Å². The summed E-state index contributed by atoms with van der Waals surface area (Å²) in [6, 6.07) is 11.4. The lowest BCUT2D eigenvalue weighted by Gasteiger charge is -2.37. The Morgan fingerprint density at radius 3 is 2.15 bits per heavy atom. The van der Waals surface area contributed by atoms with E-state index in [1.54, 1.807) is 0 Å². The van der Waals surface area contributed by atoms with Crippen molar-refractivity contribution >= 4 is 0 Å². The van der Waals surface area contributed by atoms with Gasteiger partial charge in [0.2, 0.25) is 0 Å². The highest BCUT2D eigenvalue weighted by molar-refractivity contribution is 5.14. The molecule has 1 saturated heterocycles. The molecule has 0 bridgehead atoms. The first-order valence-corrected chi connectivity index (χ1v) is 7.85. The smallest absolute Gasteiger partial charge is 0.0234 e. The molecule has 1 aliphatic heterocycles. The molecule has 112 valence electrons. The van der Waals surface area contributed by atoms with Crippen LogP contribution in [0.4, 0.5) is 0 Å². The number of benzene rings is 1. The maximum atomic E-state index is 3.44. The van der Waals surface area contributed by atoms with E-state index in [0.717, 1.165) is 6.54 Å². The Bertz CT molecular complexity index is 369. The molecule has 1 fully saturated rings. The second-order valence-corrected chi connectivity index (χ2v) is 6.20. The van der Waals surface area contributed by atoms with Crippen molar-refractivity contribution in [3.05, 3.63) is 35.9 Å². The Morgan fingerprint density at radius 2 is 1.60 bits per heavy atom. The lowest BCUT2D eigenvalue weighted by atomic mass is 10.0. The van der Waals surface area contributed by atoms with Crippen LogP contribution in [-0.4, -0.2) is 55.6 Å². The minimum absolute atomic E-state index is 0.607. The second-order valence-electron chi connectivity index (χ2n) is 6.20. The van der Waals surface area contributed by atoms with Crippen LogP contribution >= 0.6 is 0 Å². The van der Waals surface area contributed by atoms with Gasteiger partial charge in [0.15, 0.2) is 0 Å². The standard InChI is InChI=1S/C17H29N3/c1-15(2)17(18-3)14-20-11-9-19(10-12-20)13-16-7-5-4-6-8-16/h4-8,15,17-18H,9-14H2,1-3H3/t17-/m0/s1. The van der Waals surface area contributed by atoms with Gasteiger partial charge >= 0.3 is 0 Å². The van der Waals surface area contributed by atoms with E-state index in [-0.39, 0.29) is 0 Å². The summed E-state index contributed by atoms with van der Waals surface area (Å²) in [7, 11) is 2.08.